The standard InChI is InChI=1S/C16H16FNO4S/c1-11-14(16(19)22-3)5-4-6-15(11)18(2)23(20,21)13-9-7-12(17)8-10-13/h4-10H,1-3H3. The first-order chi connectivity index (χ1) is 10.8. The molecule has 7 heteroatoms. The molecule has 0 radical (unpaired) electrons. The smallest absolute Gasteiger partial charge is 0.338 e. The molecule has 0 saturated carbocycles. The second kappa shape index (κ2) is 6.37. The molecule has 122 valence electrons. The lowest BCUT2D eigenvalue weighted by atomic mass is 10.1. The van der Waals surface area contributed by atoms with Crippen LogP contribution in [0.3, 0.4) is 0 Å². The maximum absolute atomic E-state index is 13.0. The highest BCUT2D eigenvalue weighted by molar-refractivity contribution is 7.92. The van der Waals surface area contributed by atoms with Crippen LogP contribution in [0.25, 0.3) is 0 Å². The van der Waals surface area contributed by atoms with Gasteiger partial charge in [0.05, 0.1) is 23.3 Å². The van der Waals surface area contributed by atoms with E-state index in [0.29, 0.717) is 11.3 Å². The number of methoxy groups -OCH3 is 1. The largest absolute Gasteiger partial charge is 0.465 e. The first kappa shape index (κ1) is 17.0. The van der Waals surface area contributed by atoms with E-state index in [0.717, 1.165) is 16.4 Å². The molecule has 23 heavy (non-hydrogen) atoms. The lowest BCUT2D eigenvalue weighted by Crippen LogP contribution is -2.27. The molecule has 0 aliphatic carbocycles. The zero-order valence-corrected chi connectivity index (χ0v) is 13.7. The van der Waals surface area contributed by atoms with E-state index in [4.69, 9.17) is 0 Å². The summed E-state index contributed by atoms with van der Waals surface area (Å²) in [4.78, 5) is 11.7. The Hall–Kier alpha value is -2.41. The van der Waals surface area contributed by atoms with Gasteiger partial charge < -0.3 is 4.74 Å². The van der Waals surface area contributed by atoms with Crippen LogP contribution in [0.2, 0.25) is 0 Å². The fraction of sp³-hybridized carbons (Fsp3) is 0.188. The number of nitrogens with zero attached hydrogens (tertiary/aromatic N) is 1. The van der Waals surface area contributed by atoms with Crippen LogP contribution in [-0.4, -0.2) is 28.5 Å². The summed E-state index contributed by atoms with van der Waals surface area (Å²) in [5.41, 5.74) is 1.11. The monoisotopic (exact) mass is 337 g/mol. The highest BCUT2D eigenvalue weighted by Crippen LogP contribution is 2.27. The van der Waals surface area contributed by atoms with Gasteiger partial charge in [-0.05, 0) is 48.9 Å². The number of hydrogen-bond donors (Lipinski definition) is 0. The third kappa shape index (κ3) is 3.19. The summed E-state index contributed by atoms with van der Waals surface area (Å²) < 4.78 is 44.0. The number of carbonyl (C=O) groups excluding carboxylic acids is 1. The van der Waals surface area contributed by atoms with Crippen molar-refractivity contribution in [2.24, 2.45) is 0 Å². The van der Waals surface area contributed by atoms with Crippen LogP contribution in [0.4, 0.5) is 10.1 Å². The Morgan fingerprint density at radius 3 is 2.30 bits per heavy atom. The highest BCUT2D eigenvalue weighted by atomic mass is 32.2. The highest BCUT2D eigenvalue weighted by Gasteiger charge is 2.24. The minimum atomic E-state index is -3.87. The summed E-state index contributed by atoms with van der Waals surface area (Å²) >= 11 is 0. The number of sulfonamides is 1. The summed E-state index contributed by atoms with van der Waals surface area (Å²) in [6, 6.07) is 9.27. The lowest BCUT2D eigenvalue weighted by Gasteiger charge is -2.22. The van der Waals surface area contributed by atoms with E-state index in [1.54, 1.807) is 25.1 Å². The Balaban J connectivity index is 2.50. The SMILES string of the molecule is COC(=O)c1cccc(N(C)S(=O)(=O)c2ccc(F)cc2)c1C. The van der Waals surface area contributed by atoms with E-state index in [2.05, 4.69) is 4.74 Å². The van der Waals surface area contributed by atoms with Crippen molar-refractivity contribution >= 4 is 21.7 Å². The maximum atomic E-state index is 13.0. The molecule has 0 aliphatic rings. The van der Waals surface area contributed by atoms with E-state index in [1.807, 2.05) is 0 Å². The number of esters is 1. The molecular weight excluding hydrogens is 321 g/mol. The number of benzene rings is 2. The molecule has 0 heterocycles. The molecule has 0 fully saturated rings. The Bertz CT molecular complexity index is 832. The zero-order chi connectivity index (χ0) is 17.2. The summed E-state index contributed by atoms with van der Waals surface area (Å²) in [6.07, 6.45) is 0. The molecular formula is C16H16FNO4S. The second-order valence-corrected chi connectivity index (χ2v) is 6.84. The van der Waals surface area contributed by atoms with Gasteiger partial charge in [0.15, 0.2) is 0 Å². The molecule has 0 unspecified atom stereocenters. The molecule has 0 aliphatic heterocycles. The Morgan fingerprint density at radius 1 is 1.13 bits per heavy atom. The lowest BCUT2D eigenvalue weighted by molar-refractivity contribution is 0.0600. The van der Waals surface area contributed by atoms with Crippen molar-refractivity contribution in [3.8, 4) is 0 Å². The molecule has 5 nitrogen and oxygen atoms in total. The van der Waals surface area contributed by atoms with Crippen molar-refractivity contribution in [3.05, 3.63) is 59.4 Å². The third-order valence-electron chi connectivity index (χ3n) is 3.52. The van der Waals surface area contributed by atoms with E-state index < -0.39 is 21.8 Å². The van der Waals surface area contributed by atoms with Gasteiger partial charge in [0.2, 0.25) is 0 Å². The fourth-order valence-corrected chi connectivity index (χ4v) is 3.44. The summed E-state index contributed by atoms with van der Waals surface area (Å²) in [7, 11) is -1.23. The fourth-order valence-electron chi connectivity index (χ4n) is 2.19. The number of hydrogen-bond acceptors (Lipinski definition) is 4. The maximum Gasteiger partial charge on any atom is 0.338 e. The molecule has 0 bridgehead atoms. The van der Waals surface area contributed by atoms with Gasteiger partial charge in [0.25, 0.3) is 10.0 Å². The number of ether oxygens (including phenoxy) is 1. The summed E-state index contributed by atoms with van der Waals surface area (Å²) in [5, 5.41) is 0. The molecule has 2 aromatic rings. The van der Waals surface area contributed by atoms with Crippen molar-refractivity contribution in [2.75, 3.05) is 18.5 Å². The topological polar surface area (TPSA) is 63.7 Å². The zero-order valence-electron chi connectivity index (χ0n) is 12.9. The van der Waals surface area contributed by atoms with Gasteiger partial charge >= 0.3 is 5.97 Å². The first-order valence-electron chi connectivity index (χ1n) is 6.71. The van der Waals surface area contributed by atoms with Crippen LogP contribution in [0.5, 0.6) is 0 Å². The minimum Gasteiger partial charge on any atom is -0.465 e. The van der Waals surface area contributed by atoms with Gasteiger partial charge in [-0.2, -0.15) is 0 Å². The third-order valence-corrected chi connectivity index (χ3v) is 5.31. The van der Waals surface area contributed by atoms with Crippen LogP contribution in [0.15, 0.2) is 47.4 Å². The van der Waals surface area contributed by atoms with Gasteiger partial charge in [-0.25, -0.2) is 17.6 Å². The minimum absolute atomic E-state index is 0.0377. The number of halogens is 1. The number of anilines is 1. The Kier molecular flexibility index (Phi) is 4.70. The normalized spacial score (nSPS) is 11.1. The van der Waals surface area contributed by atoms with Crippen LogP contribution < -0.4 is 4.31 Å². The molecule has 0 spiro atoms. The van der Waals surface area contributed by atoms with Crippen LogP contribution in [-0.2, 0) is 14.8 Å². The molecule has 0 amide bonds. The number of rotatable bonds is 4. The van der Waals surface area contributed by atoms with Gasteiger partial charge in [0.1, 0.15) is 5.82 Å². The molecule has 0 N–H and O–H groups in total. The predicted molar refractivity (Wildman–Crippen MR) is 84.5 cm³/mol. The van der Waals surface area contributed by atoms with E-state index in [-0.39, 0.29) is 10.5 Å². The Morgan fingerprint density at radius 2 is 1.74 bits per heavy atom. The molecule has 0 saturated heterocycles. The average Bonchev–Trinajstić information content (AvgIpc) is 2.54. The predicted octanol–water partition coefficient (Wildman–Crippen LogP) is 2.75. The second-order valence-electron chi connectivity index (χ2n) is 4.87. The molecule has 0 atom stereocenters. The van der Waals surface area contributed by atoms with Crippen LogP contribution >= 0.6 is 0 Å². The number of carbonyl (C=O) groups is 1. The first-order valence-corrected chi connectivity index (χ1v) is 8.15. The quantitative estimate of drug-likeness (QED) is 0.805. The Labute approximate surface area is 134 Å². The van der Waals surface area contributed by atoms with Gasteiger partial charge in [0, 0.05) is 7.05 Å². The van der Waals surface area contributed by atoms with Crippen molar-refractivity contribution in [1.29, 1.82) is 0 Å². The summed E-state index contributed by atoms with van der Waals surface area (Å²) in [5.74, 6) is -1.06. The average molecular weight is 337 g/mol. The molecule has 2 rings (SSSR count). The van der Waals surface area contributed by atoms with Gasteiger partial charge in [-0.15, -0.1) is 0 Å². The van der Waals surface area contributed by atoms with E-state index in [9.17, 15) is 17.6 Å². The van der Waals surface area contributed by atoms with Crippen molar-refractivity contribution in [3.63, 3.8) is 0 Å². The van der Waals surface area contributed by atoms with Gasteiger partial charge in [-0.3, -0.25) is 4.31 Å². The van der Waals surface area contributed by atoms with Crippen LogP contribution in [0.1, 0.15) is 15.9 Å². The van der Waals surface area contributed by atoms with Crippen molar-refractivity contribution < 1.29 is 22.3 Å². The molecule has 0 aromatic heterocycles. The van der Waals surface area contributed by atoms with Crippen molar-refractivity contribution in [1.82, 2.24) is 0 Å². The molecule has 2 aromatic carbocycles. The summed E-state index contributed by atoms with van der Waals surface area (Å²) in [6.45, 7) is 1.64. The van der Waals surface area contributed by atoms with Gasteiger partial charge in [-0.1, -0.05) is 6.07 Å². The van der Waals surface area contributed by atoms with E-state index >= 15 is 0 Å². The van der Waals surface area contributed by atoms with E-state index in [1.165, 1.54) is 26.3 Å². The van der Waals surface area contributed by atoms with Crippen molar-refractivity contribution in [2.45, 2.75) is 11.8 Å². The van der Waals surface area contributed by atoms with Crippen LogP contribution in [0, 0.1) is 12.7 Å².